The molecule has 0 bridgehead atoms. The summed E-state index contributed by atoms with van der Waals surface area (Å²) in [6.07, 6.45) is 8.21. The van der Waals surface area contributed by atoms with Crippen LogP contribution in [0.25, 0.3) is 10.9 Å². The number of aryl methyl sites for hydroxylation is 2. The smallest absolute Gasteiger partial charge is 0.152 e. The van der Waals surface area contributed by atoms with Gasteiger partial charge in [0, 0.05) is 60.1 Å². The van der Waals surface area contributed by atoms with Gasteiger partial charge in [0.2, 0.25) is 0 Å². The SMILES string of the molecule is C(=NNc1cc(N2CCOCC2)nc(CCCc2ccccn2)n1)c1c[nH]c2ccccc12. The van der Waals surface area contributed by atoms with Gasteiger partial charge in [-0.25, -0.2) is 9.97 Å². The molecular weight excluding hydrogens is 414 g/mol. The average molecular weight is 442 g/mol. The zero-order valence-corrected chi connectivity index (χ0v) is 18.4. The van der Waals surface area contributed by atoms with E-state index < -0.39 is 0 Å². The average Bonchev–Trinajstić information content (AvgIpc) is 3.28. The van der Waals surface area contributed by atoms with Crippen molar-refractivity contribution in [3.8, 4) is 0 Å². The summed E-state index contributed by atoms with van der Waals surface area (Å²) >= 11 is 0. The van der Waals surface area contributed by atoms with Gasteiger partial charge < -0.3 is 14.6 Å². The summed E-state index contributed by atoms with van der Waals surface area (Å²) < 4.78 is 5.50. The normalized spacial score (nSPS) is 14.2. The van der Waals surface area contributed by atoms with Gasteiger partial charge in [0.25, 0.3) is 0 Å². The first-order valence-electron chi connectivity index (χ1n) is 11.3. The molecule has 0 spiro atoms. The van der Waals surface area contributed by atoms with Crippen molar-refractivity contribution in [1.82, 2.24) is 19.9 Å². The largest absolute Gasteiger partial charge is 0.378 e. The first-order valence-corrected chi connectivity index (χ1v) is 11.3. The quantitative estimate of drug-likeness (QED) is 0.319. The Kier molecular flexibility index (Phi) is 6.53. The van der Waals surface area contributed by atoms with Crippen molar-refractivity contribution in [2.75, 3.05) is 36.6 Å². The number of hydrogen-bond acceptors (Lipinski definition) is 7. The molecule has 33 heavy (non-hydrogen) atoms. The van der Waals surface area contributed by atoms with E-state index >= 15 is 0 Å². The maximum absolute atomic E-state index is 5.50. The summed E-state index contributed by atoms with van der Waals surface area (Å²) in [4.78, 5) is 19.5. The standard InChI is InChI=1S/C25H27N7O/c1-2-9-22-21(8-1)19(17-27-22)18-28-31-24-16-25(32-12-14-33-15-13-32)30-23(29-24)10-5-7-20-6-3-4-11-26-20/h1-4,6,8-9,11,16-18,27H,5,7,10,12-15H2,(H,29,30,31). The van der Waals surface area contributed by atoms with E-state index in [1.807, 2.05) is 48.9 Å². The number of aromatic nitrogens is 4. The number of nitrogens with one attached hydrogen (secondary N) is 2. The Morgan fingerprint density at radius 1 is 1.06 bits per heavy atom. The first kappa shape index (κ1) is 21.1. The molecule has 3 aromatic heterocycles. The Labute approximate surface area is 192 Å². The molecule has 0 atom stereocenters. The van der Waals surface area contributed by atoms with E-state index in [4.69, 9.17) is 14.7 Å². The molecule has 1 aliphatic heterocycles. The number of rotatable bonds is 8. The Hall–Kier alpha value is -3.78. The van der Waals surface area contributed by atoms with E-state index in [1.165, 1.54) is 0 Å². The highest BCUT2D eigenvalue weighted by molar-refractivity contribution is 5.99. The lowest BCUT2D eigenvalue weighted by Crippen LogP contribution is -2.37. The second kappa shape index (κ2) is 10.2. The van der Waals surface area contributed by atoms with Crippen molar-refractivity contribution >= 4 is 28.8 Å². The molecule has 1 aromatic carbocycles. The fourth-order valence-electron chi connectivity index (χ4n) is 3.95. The number of benzene rings is 1. The summed E-state index contributed by atoms with van der Waals surface area (Å²) in [6, 6.07) is 16.1. The zero-order valence-electron chi connectivity index (χ0n) is 18.4. The minimum absolute atomic E-state index is 0.690. The summed E-state index contributed by atoms with van der Waals surface area (Å²) in [6.45, 7) is 3.06. The maximum Gasteiger partial charge on any atom is 0.152 e. The van der Waals surface area contributed by atoms with E-state index in [1.54, 1.807) is 0 Å². The van der Waals surface area contributed by atoms with Gasteiger partial charge in [-0.3, -0.25) is 10.4 Å². The Morgan fingerprint density at radius 2 is 1.94 bits per heavy atom. The molecule has 4 aromatic rings. The number of hydrogen-bond donors (Lipinski definition) is 2. The van der Waals surface area contributed by atoms with Crippen LogP contribution in [0.4, 0.5) is 11.6 Å². The predicted molar refractivity (Wildman–Crippen MR) is 131 cm³/mol. The number of para-hydroxylation sites is 1. The highest BCUT2D eigenvalue weighted by Gasteiger charge is 2.15. The van der Waals surface area contributed by atoms with Crippen LogP contribution >= 0.6 is 0 Å². The number of ether oxygens (including phenoxy) is 1. The third-order valence-corrected chi connectivity index (χ3v) is 5.66. The molecule has 0 saturated carbocycles. The lowest BCUT2D eigenvalue weighted by Gasteiger charge is -2.28. The van der Waals surface area contributed by atoms with Gasteiger partial charge >= 0.3 is 0 Å². The van der Waals surface area contributed by atoms with Crippen molar-refractivity contribution < 1.29 is 4.74 Å². The topological polar surface area (TPSA) is 91.3 Å². The molecule has 0 amide bonds. The number of fused-ring (bicyclic) bond motifs is 1. The Bertz CT molecular complexity index is 1220. The first-order chi connectivity index (χ1) is 16.3. The number of H-pyrrole nitrogens is 1. The summed E-state index contributed by atoms with van der Waals surface area (Å²) in [5.41, 5.74) is 6.31. The van der Waals surface area contributed by atoms with Gasteiger partial charge in [0.05, 0.1) is 19.4 Å². The number of anilines is 2. The molecule has 2 N–H and O–H groups in total. The molecule has 1 fully saturated rings. The van der Waals surface area contributed by atoms with Crippen LogP contribution in [0, 0.1) is 0 Å². The molecule has 0 unspecified atom stereocenters. The second-order valence-corrected chi connectivity index (χ2v) is 7.96. The van der Waals surface area contributed by atoms with E-state index in [-0.39, 0.29) is 0 Å². The fourth-order valence-corrected chi connectivity index (χ4v) is 3.95. The molecular formula is C25H27N7O. The van der Waals surface area contributed by atoms with Crippen LogP contribution in [0.15, 0.2) is 66.0 Å². The lowest BCUT2D eigenvalue weighted by molar-refractivity contribution is 0.122. The highest BCUT2D eigenvalue weighted by atomic mass is 16.5. The van der Waals surface area contributed by atoms with Crippen LogP contribution in [0.2, 0.25) is 0 Å². The lowest BCUT2D eigenvalue weighted by atomic mass is 10.1. The number of hydrazone groups is 1. The minimum Gasteiger partial charge on any atom is -0.378 e. The van der Waals surface area contributed by atoms with E-state index in [9.17, 15) is 0 Å². The van der Waals surface area contributed by atoms with Gasteiger partial charge in [-0.2, -0.15) is 5.10 Å². The summed E-state index contributed by atoms with van der Waals surface area (Å²) in [7, 11) is 0. The van der Waals surface area contributed by atoms with E-state index in [0.29, 0.717) is 19.0 Å². The number of nitrogens with zero attached hydrogens (tertiary/aromatic N) is 5. The third kappa shape index (κ3) is 5.35. The van der Waals surface area contributed by atoms with Crippen molar-refractivity contribution in [3.05, 3.63) is 78.0 Å². The van der Waals surface area contributed by atoms with E-state index in [0.717, 1.165) is 66.2 Å². The molecule has 1 aliphatic rings. The molecule has 1 saturated heterocycles. The monoisotopic (exact) mass is 441 g/mol. The van der Waals surface area contributed by atoms with Crippen molar-refractivity contribution in [1.29, 1.82) is 0 Å². The highest BCUT2D eigenvalue weighted by Crippen LogP contribution is 2.19. The van der Waals surface area contributed by atoms with Gasteiger partial charge in [0.1, 0.15) is 11.6 Å². The molecule has 0 radical (unpaired) electrons. The fraction of sp³-hybridized carbons (Fsp3) is 0.280. The third-order valence-electron chi connectivity index (χ3n) is 5.66. The second-order valence-electron chi connectivity index (χ2n) is 7.96. The Morgan fingerprint density at radius 3 is 2.82 bits per heavy atom. The minimum atomic E-state index is 0.690. The van der Waals surface area contributed by atoms with E-state index in [2.05, 4.69) is 43.6 Å². The molecule has 168 valence electrons. The molecule has 5 rings (SSSR count). The van der Waals surface area contributed by atoms with Crippen LogP contribution in [0.5, 0.6) is 0 Å². The van der Waals surface area contributed by atoms with Crippen LogP contribution < -0.4 is 10.3 Å². The van der Waals surface area contributed by atoms with Crippen LogP contribution in [0.3, 0.4) is 0 Å². The van der Waals surface area contributed by atoms with Gasteiger partial charge in [-0.1, -0.05) is 24.3 Å². The summed E-state index contributed by atoms with van der Waals surface area (Å²) in [5.74, 6) is 2.40. The van der Waals surface area contributed by atoms with Gasteiger partial charge in [-0.15, -0.1) is 0 Å². The maximum atomic E-state index is 5.50. The van der Waals surface area contributed by atoms with Gasteiger partial charge in [-0.05, 0) is 31.0 Å². The van der Waals surface area contributed by atoms with Gasteiger partial charge in [0.15, 0.2) is 5.82 Å². The number of morpholine rings is 1. The number of pyridine rings is 1. The predicted octanol–water partition coefficient (Wildman–Crippen LogP) is 3.81. The molecule has 8 heteroatoms. The zero-order chi connectivity index (χ0) is 22.3. The van der Waals surface area contributed by atoms with Crippen LogP contribution in [-0.4, -0.2) is 52.5 Å². The van der Waals surface area contributed by atoms with Crippen molar-refractivity contribution in [2.24, 2.45) is 5.10 Å². The molecule has 4 heterocycles. The van der Waals surface area contributed by atoms with Crippen molar-refractivity contribution in [3.63, 3.8) is 0 Å². The Balaban J connectivity index is 1.31. The molecule has 0 aliphatic carbocycles. The summed E-state index contributed by atoms with van der Waals surface area (Å²) in [5, 5.41) is 5.59. The molecule has 8 nitrogen and oxygen atoms in total. The van der Waals surface area contributed by atoms with Crippen molar-refractivity contribution in [2.45, 2.75) is 19.3 Å². The van der Waals surface area contributed by atoms with Crippen LogP contribution in [-0.2, 0) is 17.6 Å². The number of aromatic amines is 1. The van der Waals surface area contributed by atoms with Crippen LogP contribution in [0.1, 0.15) is 23.5 Å².